The highest BCUT2D eigenvalue weighted by atomic mass is 16.5. The van der Waals surface area contributed by atoms with Gasteiger partial charge in [-0.15, -0.1) is 0 Å². The fourth-order valence-electron chi connectivity index (χ4n) is 4.41. The van der Waals surface area contributed by atoms with Gasteiger partial charge in [-0.25, -0.2) is 0 Å². The van der Waals surface area contributed by atoms with E-state index < -0.39 is 0 Å². The van der Waals surface area contributed by atoms with Crippen LogP contribution in [0.15, 0.2) is 0 Å². The summed E-state index contributed by atoms with van der Waals surface area (Å²) in [5.41, 5.74) is 7.02. The Balaban J connectivity index is 1.69. The van der Waals surface area contributed by atoms with Crippen molar-refractivity contribution in [3.63, 3.8) is 0 Å². The normalized spacial score (nSPS) is 34.9. The first-order valence-electron chi connectivity index (χ1n) is 8.23. The minimum Gasteiger partial charge on any atom is -0.381 e. The molecule has 1 spiro atoms. The zero-order chi connectivity index (χ0) is 13.2. The lowest BCUT2D eigenvalue weighted by atomic mass is 9.69. The molecule has 1 atom stereocenters. The summed E-state index contributed by atoms with van der Waals surface area (Å²) < 4.78 is 11.7. The average Bonchev–Trinajstić information content (AvgIpc) is 2.66. The highest BCUT2D eigenvalue weighted by Crippen LogP contribution is 2.44. The number of hydrogen-bond donors (Lipinski definition) is 1. The van der Waals surface area contributed by atoms with Crippen LogP contribution in [0.5, 0.6) is 0 Å². The molecule has 2 heterocycles. The quantitative estimate of drug-likeness (QED) is 0.743. The molecule has 0 aromatic heterocycles. The standard InChI is InChI=1S/C16H29NO2/c17-16(6-3-1-2-4-7-16)14-5-10-19-15(13-14)8-11-18-12-9-15/h14H,1-13,17H2. The smallest absolute Gasteiger partial charge is 0.0729 e. The summed E-state index contributed by atoms with van der Waals surface area (Å²) in [6.07, 6.45) is 12.3. The van der Waals surface area contributed by atoms with E-state index in [1.807, 2.05) is 0 Å². The number of ether oxygens (including phenoxy) is 2. The minimum atomic E-state index is 0.0889. The molecule has 110 valence electrons. The zero-order valence-electron chi connectivity index (χ0n) is 12.2. The molecule has 1 unspecified atom stereocenters. The third kappa shape index (κ3) is 2.98. The predicted molar refractivity (Wildman–Crippen MR) is 76.1 cm³/mol. The Kier molecular flexibility index (Phi) is 4.16. The average molecular weight is 267 g/mol. The van der Waals surface area contributed by atoms with Crippen LogP contribution in [0.3, 0.4) is 0 Å². The van der Waals surface area contributed by atoms with Crippen LogP contribution < -0.4 is 5.73 Å². The van der Waals surface area contributed by atoms with Gasteiger partial charge in [0.15, 0.2) is 0 Å². The van der Waals surface area contributed by atoms with E-state index >= 15 is 0 Å². The van der Waals surface area contributed by atoms with Crippen molar-refractivity contribution in [3.05, 3.63) is 0 Å². The Labute approximate surface area is 117 Å². The van der Waals surface area contributed by atoms with Crippen LogP contribution in [0.25, 0.3) is 0 Å². The Hall–Kier alpha value is -0.120. The van der Waals surface area contributed by atoms with Gasteiger partial charge in [-0.05, 0) is 44.4 Å². The van der Waals surface area contributed by atoms with E-state index in [4.69, 9.17) is 15.2 Å². The second-order valence-corrected chi connectivity index (χ2v) is 6.98. The molecule has 0 radical (unpaired) electrons. The molecule has 1 aliphatic carbocycles. The molecule has 0 bridgehead atoms. The van der Waals surface area contributed by atoms with Gasteiger partial charge in [-0.2, -0.15) is 0 Å². The maximum absolute atomic E-state index is 6.84. The molecule has 3 rings (SSSR count). The van der Waals surface area contributed by atoms with Crippen molar-refractivity contribution in [1.29, 1.82) is 0 Å². The maximum Gasteiger partial charge on any atom is 0.0729 e. The maximum atomic E-state index is 6.84. The van der Waals surface area contributed by atoms with Crippen LogP contribution in [-0.4, -0.2) is 31.0 Å². The van der Waals surface area contributed by atoms with Gasteiger partial charge in [0.25, 0.3) is 0 Å². The number of nitrogens with two attached hydrogens (primary N) is 1. The Morgan fingerprint density at radius 3 is 2.21 bits per heavy atom. The highest BCUT2D eigenvalue weighted by molar-refractivity contribution is 4.99. The zero-order valence-corrected chi connectivity index (χ0v) is 12.2. The predicted octanol–water partition coefficient (Wildman–Crippen LogP) is 3.01. The fraction of sp³-hybridized carbons (Fsp3) is 1.00. The number of rotatable bonds is 1. The van der Waals surface area contributed by atoms with Gasteiger partial charge in [0.05, 0.1) is 5.60 Å². The fourth-order valence-corrected chi connectivity index (χ4v) is 4.41. The lowest BCUT2D eigenvalue weighted by molar-refractivity contribution is -0.155. The van der Waals surface area contributed by atoms with Crippen molar-refractivity contribution in [3.8, 4) is 0 Å². The summed E-state index contributed by atoms with van der Waals surface area (Å²) >= 11 is 0. The molecule has 0 aromatic rings. The Bertz CT molecular complexity index is 286. The second kappa shape index (κ2) is 5.71. The molecule has 2 saturated heterocycles. The van der Waals surface area contributed by atoms with Crippen molar-refractivity contribution in [2.24, 2.45) is 11.7 Å². The summed E-state index contributed by atoms with van der Waals surface area (Å²) in [4.78, 5) is 0. The van der Waals surface area contributed by atoms with Crippen molar-refractivity contribution in [2.45, 2.75) is 75.3 Å². The van der Waals surface area contributed by atoms with Gasteiger partial charge < -0.3 is 15.2 Å². The van der Waals surface area contributed by atoms with Gasteiger partial charge in [-0.3, -0.25) is 0 Å². The summed E-state index contributed by atoms with van der Waals surface area (Å²) in [5.74, 6) is 0.664. The second-order valence-electron chi connectivity index (χ2n) is 6.98. The third-order valence-electron chi connectivity index (χ3n) is 5.74. The molecule has 2 N–H and O–H groups in total. The van der Waals surface area contributed by atoms with Crippen LogP contribution in [0.1, 0.15) is 64.2 Å². The van der Waals surface area contributed by atoms with E-state index in [2.05, 4.69) is 0 Å². The molecule has 3 heteroatoms. The monoisotopic (exact) mass is 267 g/mol. The molecule has 2 aliphatic heterocycles. The van der Waals surface area contributed by atoms with Crippen LogP contribution in [0, 0.1) is 5.92 Å². The first-order valence-corrected chi connectivity index (χ1v) is 8.23. The first-order chi connectivity index (χ1) is 9.23. The van der Waals surface area contributed by atoms with Crippen LogP contribution in [0.4, 0.5) is 0 Å². The third-order valence-corrected chi connectivity index (χ3v) is 5.74. The van der Waals surface area contributed by atoms with E-state index in [0.29, 0.717) is 5.92 Å². The molecule has 3 nitrogen and oxygen atoms in total. The van der Waals surface area contributed by atoms with Crippen LogP contribution in [0.2, 0.25) is 0 Å². The summed E-state index contributed by atoms with van der Waals surface area (Å²) in [7, 11) is 0. The summed E-state index contributed by atoms with van der Waals surface area (Å²) in [6, 6.07) is 0. The van der Waals surface area contributed by atoms with Gasteiger partial charge in [0.1, 0.15) is 0 Å². The molecule has 0 aromatic carbocycles. The van der Waals surface area contributed by atoms with Gasteiger partial charge >= 0.3 is 0 Å². The highest BCUT2D eigenvalue weighted by Gasteiger charge is 2.45. The minimum absolute atomic E-state index is 0.0889. The SMILES string of the molecule is NC1(C2CCOC3(CCOCC3)C2)CCCCCC1. The Morgan fingerprint density at radius 2 is 1.53 bits per heavy atom. The summed E-state index contributed by atoms with van der Waals surface area (Å²) in [6.45, 7) is 2.64. The van der Waals surface area contributed by atoms with E-state index in [0.717, 1.165) is 32.7 Å². The van der Waals surface area contributed by atoms with Crippen molar-refractivity contribution >= 4 is 0 Å². The van der Waals surface area contributed by atoms with Crippen molar-refractivity contribution < 1.29 is 9.47 Å². The van der Waals surface area contributed by atoms with Gasteiger partial charge in [0.2, 0.25) is 0 Å². The lowest BCUT2D eigenvalue weighted by Crippen LogP contribution is -2.54. The summed E-state index contributed by atoms with van der Waals surface area (Å²) in [5, 5.41) is 0. The van der Waals surface area contributed by atoms with E-state index in [9.17, 15) is 0 Å². The van der Waals surface area contributed by atoms with E-state index in [-0.39, 0.29) is 11.1 Å². The van der Waals surface area contributed by atoms with Crippen LogP contribution >= 0.6 is 0 Å². The molecule has 19 heavy (non-hydrogen) atoms. The first kappa shape index (κ1) is 13.8. The molecule has 3 aliphatic rings. The lowest BCUT2D eigenvalue weighted by Gasteiger charge is -2.48. The van der Waals surface area contributed by atoms with E-state index in [1.54, 1.807) is 0 Å². The molecular weight excluding hydrogens is 238 g/mol. The number of hydrogen-bond acceptors (Lipinski definition) is 3. The molecule has 0 amide bonds. The van der Waals surface area contributed by atoms with Crippen molar-refractivity contribution in [2.75, 3.05) is 19.8 Å². The topological polar surface area (TPSA) is 44.5 Å². The van der Waals surface area contributed by atoms with E-state index in [1.165, 1.54) is 51.4 Å². The van der Waals surface area contributed by atoms with Gasteiger partial charge in [-0.1, -0.05) is 25.7 Å². The van der Waals surface area contributed by atoms with Gasteiger partial charge in [0, 0.05) is 25.4 Å². The Morgan fingerprint density at radius 1 is 0.842 bits per heavy atom. The van der Waals surface area contributed by atoms with Crippen LogP contribution in [-0.2, 0) is 9.47 Å². The molecular formula is C16H29NO2. The molecule has 1 saturated carbocycles. The molecule has 3 fully saturated rings. The largest absolute Gasteiger partial charge is 0.381 e. The van der Waals surface area contributed by atoms with Crippen molar-refractivity contribution in [1.82, 2.24) is 0 Å².